The summed E-state index contributed by atoms with van der Waals surface area (Å²) < 4.78 is 6.03. The van der Waals surface area contributed by atoms with Gasteiger partial charge in [0.15, 0.2) is 0 Å². The Balaban J connectivity index is 0.00000158. The molecule has 3 fully saturated rings. The molecule has 0 radical (unpaired) electrons. The predicted octanol–water partition coefficient (Wildman–Crippen LogP) is 7.96. The Hall–Kier alpha value is -0.830. The van der Waals surface area contributed by atoms with Crippen LogP contribution in [0.2, 0.25) is 0 Å². The number of esters is 1. The summed E-state index contributed by atoms with van der Waals surface area (Å²) in [5.41, 5.74) is 1.90. The van der Waals surface area contributed by atoms with Crippen molar-refractivity contribution in [1.82, 2.24) is 0 Å². The summed E-state index contributed by atoms with van der Waals surface area (Å²) >= 11 is 0. The van der Waals surface area contributed by atoms with E-state index >= 15 is 0 Å². The fourth-order valence-electron chi connectivity index (χ4n) is 8.93. The topological polar surface area (TPSA) is 46.5 Å². The number of fused-ring (bicyclic) bond motifs is 5. The number of hydrogen-bond acceptors (Lipinski definition) is 3. The lowest BCUT2D eigenvalue weighted by atomic mass is 9.46. The van der Waals surface area contributed by atoms with E-state index in [1.807, 2.05) is 13.8 Å². The summed E-state index contributed by atoms with van der Waals surface area (Å²) in [5, 5.41) is 10.4. The molecule has 3 nitrogen and oxygen atoms in total. The van der Waals surface area contributed by atoms with Crippen LogP contribution in [0.5, 0.6) is 0 Å². The smallest absolute Gasteiger partial charge is 0.303 e. The molecule has 0 spiro atoms. The molecule has 0 bridgehead atoms. The molecule has 0 heterocycles. The van der Waals surface area contributed by atoms with Crippen LogP contribution in [0.4, 0.5) is 0 Å². The normalized spacial score (nSPS) is 41.9. The third-order valence-corrected chi connectivity index (χ3v) is 10.6. The molecule has 4 aliphatic carbocycles. The number of carbonyl (C=O) groups excluding carboxylic acids is 1. The van der Waals surface area contributed by atoms with E-state index < -0.39 is 0 Å². The van der Waals surface area contributed by atoms with Crippen LogP contribution in [-0.4, -0.2) is 23.3 Å². The van der Waals surface area contributed by atoms with E-state index in [1.165, 1.54) is 50.5 Å². The second-order valence-corrected chi connectivity index (χ2v) is 12.9. The number of ether oxygens (including phenoxy) is 1. The Labute approximate surface area is 210 Å². The maximum Gasteiger partial charge on any atom is 0.303 e. The van der Waals surface area contributed by atoms with E-state index in [4.69, 9.17) is 4.74 Å². The lowest BCUT2D eigenvalue weighted by molar-refractivity contribution is -0.158. The Kier molecular flexibility index (Phi) is 9.02. The molecule has 0 aliphatic heterocycles. The summed E-state index contributed by atoms with van der Waals surface area (Å²) in [5.74, 6) is 3.88. The second-order valence-electron chi connectivity index (χ2n) is 12.9. The SMILES string of the molecule is CC.CC(=O)OC1C=C2CC(O)CCC2(C)C2CCC3(C)C(C(C)CCCC(C)C)CCC3C12. The zero-order valence-electron chi connectivity index (χ0n) is 23.5. The quantitative estimate of drug-likeness (QED) is 0.314. The van der Waals surface area contributed by atoms with Crippen LogP contribution in [0.25, 0.3) is 0 Å². The van der Waals surface area contributed by atoms with Gasteiger partial charge < -0.3 is 9.84 Å². The van der Waals surface area contributed by atoms with Crippen molar-refractivity contribution in [2.45, 2.75) is 132 Å². The molecule has 34 heavy (non-hydrogen) atoms. The lowest BCUT2D eigenvalue weighted by Gasteiger charge is -2.59. The van der Waals surface area contributed by atoms with Crippen molar-refractivity contribution in [3.05, 3.63) is 11.6 Å². The fraction of sp³-hybridized carbons (Fsp3) is 0.903. The minimum absolute atomic E-state index is 0.106. The van der Waals surface area contributed by atoms with Crippen molar-refractivity contribution in [3.8, 4) is 0 Å². The van der Waals surface area contributed by atoms with E-state index in [1.54, 1.807) is 6.92 Å². The van der Waals surface area contributed by atoms with Crippen LogP contribution >= 0.6 is 0 Å². The first-order valence-electron chi connectivity index (χ1n) is 14.6. The molecule has 4 aliphatic rings. The molecule has 9 unspecified atom stereocenters. The Morgan fingerprint density at radius 3 is 2.41 bits per heavy atom. The summed E-state index contributed by atoms with van der Waals surface area (Å²) in [6.07, 6.45) is 13.9. The first-order valence-corrected chi connectivity index (χ1v) is 14.6. The van der Waals surface area contributed by atoms with Gasteiger partial charge in [0, 0.05) is 12.8 Å². The zero-order chi connectivity index (χ0) is 25.3. The van der Waals surface area contributed by atoms with Crippen LogP contribution in [0.1, 0.15) is 120 Å². The number of carbonyl (C=O) groups is 1. The molecule has 0 aromatic carbocycles. The van der Waals surface area contributed by atoms with Crippen LogP contribution in [0.3, 0.4) is 0 Å². The van der Waals surface area contributed by atoms with Crippen molar-refractivity contribution in [2.75, 3.05) is 0 Å². The molecule has 0 saturated heterocycles. The first-order chi connectivity index (χ1) is 16.1. The van der Waals surface area contributed by atoms with Gasteiger partial charge in [0.25, 0.3) is 0 Å². The molecule has 4 rings (SSSR count). The van der Waals surface area contributed by atoms with Gasteiger partial charge in [0.2, 0.25) is 0 Å². The van der Waals surface area contributed by atoms with Gasteiger partial charge in [-0.05, 0) is 91.4 Å². The highest BCUT2D eigenvalue weighted by Gasteiger charge is 2.61. The van der Waals surface area contributed by atoms with Crippen molar-refractivity contribution < 1.29 is 14.6 Å². The van der Waals surface area contributed by atoms with Gasteiger partial charge in [-0.1, -0.05) is 73.3 Å². The van der Waals surface area contributed by atoms with E-state index in [2.05, 4.69) is 40.7 Å². The zero-order valence-corrected chi connectivity index (χ0v) is 23.5. The molecular formula is C31H54O3. The molecule has 196 valence electrons. The van der Waals surface area contributed by atoms with Crippen molar-refractivity contribution in [3.63, 3.8) is 0 Å². The summed E-state index contributed by atoms with van der Waals surface area (Å²) in [4.78, 5) is 12.1. The number of aliphatic hydroxyl groups excluding tert-OH is 1. The van der Waals surface area contributed by atoms with Gasteiger partial charge >= 0.3 is 5.97 Å². The molecule has 0 aromatic rings. The van der Waals surface area contributed by atoms with Crippen molar-refractivity contribution in [1.29, 1.82) is 0 Å². The molecule has 0 aromatic heterocycles. The number of aliphatic hydroxyl groups is 1. The Morgan fingerprint density at radius 2 is 1.76 bits per heavy atom. The van der Waals surface area contributed by atoms with Crippen LogP contribution in [0.15, 0.2) is 11.6 Å². The lowest BCUT2D eigenvalue weighted by Crippen LogP contribution is -2.55. The number of hydrogen-bond donors (Lipinski definition) is 1. The van der Waals surface area contributed by atoms with Crippen LogP contribution < -0.4 is 0 Å². The largest absolute Gasteiger partial charge is 0.458 e. The molecule has 3 heteroatoms. The fourth-order valence-corrected chi connectivity index (χ4v) is 8.93. The Morgan fingerprint density at radius 1 is 1.06 bits per heavy atom. The standard InChI is InChI=1S/C29H48O3.C2H6/c1-18(2)8-7-9-19(3)23-10-11-24-27-25(13-15-29(23,24)6)28(5)14-12-22(31)16-21(28)17-26(27)32-20(4)30;1-2/h17-19,22-27,31H,7-16H2,1-6H3;1-2H3. The third-order valence-electron chi connectivity index (χ3n) is 10.6. The maximum absolute atomic E-state index is 12.1. The average Bonchev–Trinajstić information content (AvgIpc) is 3.13. The highest BCUT2D eigenvalue weighted by atomic mass is 16.5. The second kappa shape index (κ2) is 11.1. The highest BCUT2D eigenvalue weighted by Crippen LogP contribution is 2.67. The van der Waals surface area contributed by atoms with E-state index in [9.17, 15) is 9.90 Å². The van der Waals surface area contributed by atoms with Gasteiger partial charge in [-0.15, -0.1) is 0 Å². The highest BCUT2D eigenvalue weighted by molar-refractivity contribution is 5.66. The molecular weight excluding hydrogens is 420 g/mol. The minimum atomic E-state index is -0.236. The Bertz CT molecular complexity index is 726. The number of rotatable bonds is 6. The molecule has 3 saturated carbocycles. The van der Waals surface area contributed by atoms with Crippen molar-refractivity contribution in [2.24, 2.45) is 46.3 Å². The summed E-state index contributed by atoms with van der Waals surface area (Å²) in [6.45, 7) is 17.8. The molecule has 9 atom stereocenters. The molecule has 0 amide bonds. The van der Waals surface area contributed by atoms with Gasteiger partial charge in [-0.2, -0.15) is 0 Å². The predicted molar refractivity (Wildman–Crippen MR) is 141 cm³/mol. The third kappa shape index (κ3) is 5.16. The summed E-state index contributed by atoms with van der Waals surface area (Å²) in [6, 6.07) is 0. The average molecular weight is 475 g/mol. The van der Waals surface area contributed by atoms with Gasteiger partial charge in [0.05, 0.1) is 6.10 Å². The maximum atomic E-state index is 12.1. The summed E-state index contributed by atoms with van der Waals surface area (Å²) in [7, 11) is 0. The molecule has 1 N–H and O–H groups in total. The van der Waals surface area contributed by atoms with Crippen LogP contribution in [-0.2, 0) is 9.53 Å². The van der Waals surface area contributed by atoms with E-state index in [0.717, 1.165) is 37.0 Å². The van der Waals surface area contributed by atoms with Gasteiger partial charge in [0.1, 0.15) is 6.10 Å². The van der Waals surface area contributed by atoms with Gasteiger partial charge in [-0.3, -0.25) is 4.79 Å². The van der Waals surface area contributed by atoms with Crippen molar-refractivity contribution >= 4 is 5.97 Å². The monoisotopic (exact) mass is 474 g/mol. The minimum Gasteiger partial charge on any atom is -0.458 e. The van der Waals surface area contributed by atoms with Crippen LogP contribution in [0, 0.1) is 46.3 Å². The first kappa shape index (κ1) is 27.8. The van der Waals surface area contributed by atoms with Gasteiger partial charge in [-0.25, -0.2) is 0 Å². The van der Waals surface area contributed by atoms with E-state index in [0.29, 0.717) is 23.2 Å². The van der Waals surface area contributed by atoms with E-state index in [-0.39, 0.29) is 23.6 Å².